The van der Waals surface area contributed by atoms with Crippen LogP contribution in [0.25, 0.3) is 0 Å². The zero-order valence-corrected chi connectivity index (χ0v) is 10.5. The third-order valence-electron chi connectivity index (χ3n) is 2.13. The summed E-state index contributed by atoms with van der Waals surface area (Å²) in [4.78, 5) is 0. The summed E-state index contributed by atoms with van der Waals surface area (Å²) < 4.78 is 0. The molecule has 90 valence electrons. The molecule has 0 saturated carbocycles. The van der Waals surface area contributed by atoms with E-state index in [0.717, 1.165) is 37.4 Å². The molecule has 0 spiro atoms. The highest BCUT2D eigenvalue weighted by Gasteiger charge is 1.90. The van der Waals surface area contributed by atoms with Gasteiger partial charge in [0, 0.05) is 18.9 Å². The van der Waals surface area contributed by atoms with Crippen LogP contribution in [0.3, 0.4) is 0 Å². The maximum atomic E-state index is 8.57. The standard InChI is InChI=1S/C12H25NOS/c1-2-3-4-5-6-8-13-9-12-15-11-7-10-14/h2,13-14H,1,3-12H2. The lowest BCUT2D eigenvalue weighted by molar-refractivity contribution is 0.296. The average Bonchev–Trinajstić information content (AvgIpc) is 2.26. The van der Waals surface area contributed by atoms with Crippen LogP contribution in [0.15, 0.2) is 12.7 Å². The van der Waals surface area contributed by atoms with E-state index in [1.165, 1.54) is 19.3 Å². The Labute approximate surface area is 98.5 Å². The van der Waals surface area contributed by atoms with Gasteiger partial charge in [-0.25, -0.2) is 0 Å². The molecular formula is C12H25NOS. The molecule has 0 heterocycles. The van der Waals surface area contributed by atoms with E-state index < -0.39 is 0 Å². The Balaban J connectivity index is 2.83. The maximum absolute atomic E-state index is 8.57. The fourth-order valence-corrected chi connectivity index (χ4v) is 2.08. The zero-order chi connectivity index (χ0) is 11.2. The number of hydrogen-bond acceptors (Lipinski definition) is 3. The van der Waals surface area contributed by atoms with Crippen molar-refractivity contribution in [2.45, 2.75) is 32.1 Å². The van der Waals surface area contributed by atoms with Crippen molar-refractivity contribution in [2.75, 3.05) is 31.2 Å². The molecule has 0 amide bonds. The third kappa shape index (κ3) is 14.0. The van der Waals surface area contributed by atoms with Crippen LogP contribution in [0.2, 0.25) is 0 Å². The van der Waals surface area contributed by atoms with Gasteiger partial charge in [-0.1, -0.05) is 12.5 Å². The van der Waals surface area contributed by atoms with Gasteiger partial charge in [0.1, 0.15) is 0 Å². The summed E-state index contributed by atoms with van der Waals surface area (Å²) in [6, 6.07) is 0. The SMILES string of the molecule is C=CCCCCCNCCSCCCO. The predicted molar refractivity (Wildman–Crippen MR) is 70.6 cm³/mol. The van der Waals surface area contributed by atoms with E-state index in [0.29, 0.717) is 6.61 Å². The van der Waals surface area contributed by atoms with E-state index in [4.69, 9.17) is 5.11 Å². The third-order valence-corrected chi connectivity index (χ3v) is 3.20. The van der Waals surface area contributed by atoms with E-state index in [2.05, 4.69) is 11.9 Å². The second-order valence-electron chi connectivity index (χ2n) is 3.58. The van der Waals surface area contributed by atoms with Crippen molar-refractivity contribution < 1.29 is 5.11 Å². The number of aliphatic hydroxyl groups is 1. The first-order valence-corrected chi connectivity index (χ1v) is 7.07. The number of rotatable bonds is 12. The molecule has 0 atom stereocenters. The number of allylic oxidation sites excluding steroid dienone is 1. The van der Waals surface area contributed by atoms with Gasteiger partial charge < -0.3 is 10.4 Å². The van der Waals surface area contributed by atoms with Crippen molar-refractivity contribution in [2.24, 2.45) is 0 Å². The van der Waals surface area contributed by atoms with Crippen molar-refractivity contribution in [1.82, 2.24) is 5.32 Å². The Bertz CT molecular complexity index is 131. The Morgan fingerprint density at radius 1 is 1.07 bits per heavy atom. The first-order chi connectivity index (χ1) is 7.41. The van der Waals surface area contributed by atoms with Gasteiger partial charge >= 0.3 is 0 Å². The first kappa shape index (κ1) is 15.0. The van der Waals surface area contributed by atoms with Crippen molar-refractivity contribution in [3.05, 3.63) is 12.7 Å². The molecule has 3 heteroatoms. The van der Waals surface area contributed by atoms with Crippen molar-refractivity contribution in [3.63, 3.8) is 0 Å². The predicted octanol–water partition coefficient (Wildman–Crippen LogP) is 2.44. The van der Waals surface area contributed by atoms with Gasteiger partial charge in [-0.05, 0) is 38.0 Å². The van der Waals surface area contributed by atoms with Gasteiger partial charge in [-0.15, -0.1) is 6.58 Å². The number of thioether (sulfide) groups is 1. The first-order valence-electron chi connectivity index (χ1n) is 5.92. The second kappa shape index (κ2) is 14.0. The molecule has 0 aromatic heterocycles. The minimum absolute atomic E-state index is 0.323. The monoisotopic (exact) mass is 231 g/mol. The minimum Gasteiger partial charge on any atom is -0.396 e. The van der Waals surface area contributed by atoms with Crippen molar-refractivity contribution in [1.29, 1.82) is 0 Å². The molecule has 0 aliphatic rings. The molecule has 2 N–H and O–H groups in total. The van der Waals surface area contributed by atoms with Crippen molar-refractivity contribution in [3.8, 4) is 0 Å². The van der Waals surface area contributed by atoms with Gasteiger partial charge in [0.2, 0.25) is 0 Å². The molecule has 0 unspecified atom stereocenters. The highest BCUT2D eigenvalue weighted by molar-refractivity contribution is 7.99. The summed E-state index contributed by atoms with van der Waals surface area (Å²) >= 11 is 1.91. The molecule has 0 bridgehead atoms. The molecular weight excluding hydrogens is 206 g/mol. The number of aliphatic hydroxyl groups excluding tert-OH is 1. The van der Waals surface area contributed by atoms with Crippen LogP contribution in [0.5, 0.6) is 0 Å². The van der Waals surface area contributed by atoms with Crippen LogP contribution in [-0.2, 0) is 0 Å². The lowest BCUT2D eigenvalue weighted by Crippen LogP contribution is -2.18. The molecule has 2 nitrogen and oxygen atoms in total. The Kier molecular flexibility index (Phi) is 14.0. The van der Waals surface area contributed by atoms with E-state index in [1.54, 1.807) is 0 Å². The van der Waals surface area contributed by atoms with Gasteiger partial charge in [0.15, 0.2) is 0 Å². The van der Waals surface area contributed by atoms with Crippen LogP contribution in [0, 0.1) is 0 Å². The van der Waals surface area contributed by atoms with E-state index in [1.807, 2.05) is 17.8 Å². The largest absolute Gasteiger partial charge is 0.396 e. The number of unbranched alkanes of at least 4 members (excludes halogenated alkanes) is 3. The van der Waals surface area contributed by atoms with Gasteiger partial charge in [-0.3, -0.25) is 0 Å². The lowest BCUT2D eigenvalue weighted by atomic mass is 10.2. The molecule has 0 radical (unpaired) electrons. The highest BCUT2D eigenvalue weighted by Crippen LogP contribution is 2.01. The van der Waals surface area contributed by atoms with E-state index >= 15 is 0 Å². The summed E-state index contributed by atoms with van der Waals surface area (Å²) in [6.45, 7) is 6.26. The Hall–Kier alpha value is 0.01000. The minimum atomic E-state index is 0.323. The summed E-state index contributed by atoms with van der Waals surface area (Å²) in [5, 5.41) is 12.0. The van der Waals surface area contributed by atoms with Gasteiger partial charge in [0.05, 0.1) is 0 Å². The molecule has 15 heavy (non-hydrogen) atoms. The molecule has 0 saturated heterocycles. The quantitative estimate of drug-likeness (QED) is 0.400. The summed E-state index contributed by atoms with van der Waals surface area (Å²) in [6.07, 6.45) is 7.91. The van der Waals surface area contributed by atoms with Gasteiger partial charge in [-0.2, -0.15) is 11.8 Å². The summed E-state index contributed by atoms with van der Waals surface area (Å²) in [5.74, 6) is 2.24. The summed E-state index contributed by atoms with van der Waals surface area (Å²) in [7, 11) is 0. The van der Waals surface area contributed by atoms with Gasteiger partial charge in [0.25, 0.3) is 0 Å². The van der Waals surface area contributed by atoms with E-state index in [9.17, 15) is 0 Å². The molecule has 0 aliphatic heterocycles. The normalized spacial score (nSPS) is 10.5. The zero-order valence-electron chi connectivity index (χ0n) is 9.71. The maximum Gasteiger partial charge on any atom is 0.0438 e. The fraction of sp³-hybridized carbons (Fsp3) is 0.833. The average molecular weight is 231 g/mol. The molecule has 0 aromatic rings. The van der Waals surface area contributed by atoms with Crippen LogP contribution in [-0.4, -0.2) is 36.3 Å². The van der Waals surface area contributed by atoms with Crippen LogP contribution < -0.4 is 5.32 Å². The molecule has 0 aliphatic carbocycles. The van der Waals surface area contributed by atoms with Crippen LogP contribution >= 0.6 is 11.8 Å². The molecule has 0 rings (SSSR count). The summed E-state index contributed by atoms with van der Waals surface area (Å²) in [5.41, 5.74) is 0. The Morgan fingerprint density at radius 3 is 2.67 bits per heavy atom. The Morgan fingerprint density at radius 2 is 1.93 bits per heavy atom. The molecule has 0 fully saturated rings. The van der Waals surface area contributed by atoms with Crippen LogP contribution in [0.1, 0.15) is 32.1 Å². The number of nitrogens with one attached hydrogen (secondary N) is 1. The smallest absolute Gasteiger partial charge is 0.0438 e. The molecule has 0 aromatic carbocycles. The van der Waals surface area contributed by atoms with Crippen LogP contribution in [0.4, 0.5) is 0 Å². The lowest BCUT2D eigenvalue weighted by Gasteiger charge is -2.04. The van der Waals surface area contributed by atoms with E-state index in [-0.39, 0.29) is 0 Å². The second-order valence-corrected chi connectivity index (χ2v) is 4.80. The van der Waals surface area contributed by atoms with Crippen molar-refractivity contribution >= 4 is 11.8 Å². The highest BCUT2D eigenvalue weighted by atomic mass is 32.2. The fourth-order valence-electron chi connectivity index (χ4n) is 1.25. The topological polar surface area (TPSA) is 32.3 Å². The number of hydrogen-bond donors (Lipinski definition) is 2.